The van der Waals surface area contributed by atoms with E-state index < -0.39 is 23.6 Å². The molecule has 37 heavy (non-hydrogen) atoms. The van der Waals surface area contributed by atoms with Crippen LogP contribution in [0.15, 0.2) is 54.6 Å². The topological polar surface area (TPSA) is 104 Å². The Morgan fingerprint density at radius 3 is 2.30 bits per heavy atom. The summed E-state index contributed by atoms with van der Waals surface area (Å²) in [6.07, 6.45) is -4.58. The first kappa shape index (κ1) is 26.0. The van der Waals surface area contributed by atoms with E-state index >= 15 is 4.39 Å². The summed E-state index contributed by atoms with van der Waals surface area (Å²) in [5, 5.41) is 7.06. The van der Waals surface area contributed by atoms with Crippen LogP contribution < -0.4 is 16.4 Å². The molecule has 0 aliphatic rings. The van der Waals surface area contributed by atoms with Gasteiger partial charge in [0.2, 0.25) is 0 Å². The van der Waals surface area contributed by atoms with Crippen molar-refractivity contribution in [2.75, 3.05) is 23.7 Å². The number of carbonyl (C=O) groups excluding carboxylic acids is 1. The molecule has 4 aromatic rings. The third-order valence-corrected chi connectivity index (χ3v) is 6.26. The van der Waals surface area contributed by atoms with E-state index in [1.807, 2.05) is 13.8 Å². The molecule has 1 aromatic heterocycles. The summed E-state index contributed by atoms with van der Waals surface area (Å²) >= 11 is 0. The Hall–Kier alpha value is -4.12. The van der Waals surface area contributed by atoms with Crippen LogP contribution in [0, 0.1) is 5.82 Å². The zero-order valence-corrected chi connectivity index (χ0v) is 20.2. The van der Waals surface area contributed by atoms with Gasteiger partial charge in [-0.15, -0.1) is 0 Å². The quantitative estimate of drug-likeness (QED) is 0.262. The number of rotatable bonds is 7. The maximum Gasteiger partial charge on any atom is 0.416 e. The van der Waals surface area contributed by atoms with Crippen molar-refractivity contribution in [3.05, 3.63) is 71.5 Å². The monoisotopic (exact) mass is 514 g/mol. The van der Waals surface area contributed by atoms with E-state index in [2.05, 4.69) is 15.1 Å². The Morgan fingerprint density at radius 1 is 1.03 bits per heavy atom. The second kappa shape index (κ2) is 10.1. The highest BCUT2D eigenvalue weighted by atomic mass is 19.4. The van der Waals surface area contributed by atoms with Gasteiger partial charge in [0.05, 0.1) is 22.3 Å². The molecule has 0 aliphatic carbocycles. The van der Waals surface area contributed by atoms with Crippen LogP contribution in [0.1, 0.15) is 25.0 Å². The molecule has 0 bridgehead atoms. The number of amides is 2. The fourth-order valence-corrected chi connectivity index (χ4v) is 4.30. The van der Waals surface area contributed by atoms with Crippen molar-refractivity contribution in [2.24, 2.45) is 5.73 Å². The van der Waals surface area contributed by atoms with Gasteiger partial charge in [-0.2, -0.15) is 18.3 Å². The number of nitrogens with two attached hydrogens (primary N) is 2. The van der Waals surface area contributed by atoms with E-state index in [1.165, 1.54) is 12.1 Å². The fraction of sp³-hybridized carbons (Fsp3) is 0.231. The average Bonchev–Trinajstić information content (AvgIpc) is 3.26. The van der Waals surface area contributed by atoms with Crippen molar-refractivity contribution in [3.8, 4) is 11.1 Å². The lowest BCUT2D eigenvalue weighted by molar-refractivity contribution is -0.137. The molecule has 0 aliphatic heterocycles. The number of hydrogen-bond acceptors (Lipinski definition) is 4. The molecule has 2 amide bonds. The van der Waals surface area contributed by atoms with Crippen molar-refractivity contribution < 1.29 is 22.4 Å². The summed E-state index contributed by atoms with van der Waals surface area (Å²) < 4.78 is 54.9. The van der Waals surface area contributed by atoms with Crippen molar-refractivity contribution in [3.63, 3.8) is 0 Å². The Balaban J connectivity index is 1.78. The highest BCUT2D eigenvalue weighted by molar-refractivity contribution is 6.03. The Labute approximate surface area is 210 Å². The van der Waals surface area contributed by atoms with Gasteiger partial charge in [0.15, 0.2) is 11.6 Å². The van der Waals surface area contributed by atoms with Crippen molar-refractivity contribution in [1.82, 2.24) is 15.1 Å². The van der Waals surface area contributed by atoms with Crippen LogP contribution in [0.25, 0.3) is 22.0 Å². The first-order chi connectivity index (χ1) is 17.5. The number of fused-ring (bicyclic) bond motifs is 1. The van der Waals surface area contributed by atoms with Crippen molar-refractivity contribution in [1.29, 1.82) is 0 Å². The predicted octanol–water partition coefficient (Wildman–Crippen LogP) is 6.03. The molecule has 7 nitrogen and oxygen atoms in total. The fourth-order valence-electron chi connectivity index (χ4n) is 4.30. The van der Waals surface area contributed by atoms with E-state index in [-0.39, 0.29) is 22.7 Å². The molecule has 0 saturated heterocycles. The summed E-state index contributed by atoms with van der Waals surface area (Å²) in [5.41, 5.74) is 12.8. The number of urea groups is 1. The number of nitrogen functional groups attached to an aromatic ring is 1. The first-order valence-corrected chi connectivity index (χ1v) is 11.6. The molecule has 1 heterocycles. The molecule has 11 heteroatoms. The molecule has 3 aromatic carbocycles. The SMILES string of the molecule is CCN(CC)Cc1cc(-c2ccc(N(C(N)=O)c3cccc(C(F)(F)F)c3)cc2)c2c(N)n[nH]c2c1F. The number of halogens is 4. The number of alkyl halides is 3. The van der Waals surface area contributed by atoms with Crippen LogP contribution >= 0.6 is 0 Å². The van der Waals surface area contributed by atoms with E-state index in [0.29, 0.717) is 28.6 Å². The Morgan fingerprint density at radius 2 is 1.70 bits per heavy atom. The summed E-state index contributed by atoms with van der Waals surface area (Å²) in [4.78, 5) is 15.3. The standard InChI is InChI=1S/C26H26F4N6O/c1-3-35(4-2)14-16-12-20(21-23(22(16)27)33-34-24(21)31)15-8-10-18(11-9-15)36(25(32)37)19-7-5-6-17(13-19)26(28,29)30/h5-13H,3-4,14H2,1-2H3,(H2,32,37)(H3,31,33,34). The molecule has 4 rings (SSSR count). The zero-order valence-electron chi connectivity index (χ0n) is 20.2. The number of aromatic amines is 1. The number of nitrogens with one attached hydrogen (secondary N) is 1. The summed E-state index contributed by atoms with van der Waals surface area (Å²) in [6, 6.07) is 11.5. The van der Waals surface area contributed by atoms with E-state index in [0.717, 1.165) is 30.1 Å². The van der Waals surface area contributed by atoms with E-state index in [1.54, 1.807) is 30.3 Å². The number of primary amides is 1. The summed E-state index contributed by atoms with van der Waals surface area (Å²) in [5.74, 6) is -0.305. The maximum absolute atomic E-state index is 15.3. The molecular weight excluding hydrogens is 488 g/mol. The van der Waals surface area contributed by atoms with Crippen molar-refractivity contribution >= 4 is 34.1 Å². The predicted molar refractivity (Wildman–Crippen MR) is 136 cm³/mol. The Bertz CT molecular complexity index is 1430. The smallest absolute Gasteiger partial charge is 0.382 e. The van der Waals surface area contributed by atoms with Crippen LogP contribution in [-0.4, -0.2) is 34.2 Å². The highest BCUT2D eigenvalue weighted by Crippen LogP contribution is 2.37. The lowest BCUT2D eigenvalue weighted by Gasteiger charge is -2.22. The van der Waals surface area contributed by atoms with Gasteiger partial charge in [0.25, 0.3) is 0 Å². The minimum Gasteiger partial charge on any atom is -0.382 e. The average molecular weight is 515 g/mol. The van der Waals surface area contributed by atoms with Crippen LogP contribution in [0.2, 0.25) is 0 Å². The van der Waals surface area contributed by atoms with Gasteiger partial charge in [-0.05, 0) is 60.6 Å². The zero-order chi connectivity index (χ0) is 26.9. The lowest BCUT2D eigenvalue weighted by atomic mass is 9.97. The number of carbonyl (C=O) groups is 1. The number of aromatic nitrogens is 2. The van der Waals surface area contributed by atoms with Crippen LogP contribution in [0.3, 0.4) is 0 Å². The molecule has 0 unspecified atom stereocenters. The third kappa shape index (κ3) is 5.08. The van der Waals surface area contributed by atoms with E-state index in [9.17, 15) is 18.0 Å². The largest absolute Gasteiger partial charge is 0.416 e. The normalized spacial score (nSPS) is 11.9. The van der Waals surface area contributed by atoms with Gasteiger partial charge >= 0.3 is 12.2 Å². The van der Waals surface area contributed by atoms with Crippen LogP contribution in [0.4, 0.5) is 39.5 Å². The van der Waals surface area contributed by atoms with Crippen molar-refractivity contribution in [2.45, 2.75) is 26.6 Å². The van der Waals surface area contributed by atoms with Crippen LogP contribution in [0.5, 0.6) is 0 Å². The van der Waals surface area contributed by atoms with Crippen LogP contribution in [-0.2, 0) is 12.7 Å². The van der Waals surface area contributed by atoms with Gasteiger partial charge in [-0.1, -0.05) is 32.0 Å². The van der Waals surface area contributed by atoms with Gasteiger partial charge < -0.3 is 11.5 Å². The molecule has 0 atom stereocenters. The molecule has 5 N–H and O–H groups in total. The second-order valence-corrected chi connectivity index (χ2v) is 8.49. The Kier molecular flexibility index (Phi) is 7.08. The summed E-state index contributed by atoms with van der Waals surface area (Å²) in [6.45, 7) is 5.83. The van der Waals surface area contributed by atoms with E-state index in [4.69, 9.17) is 11.5 Å². The molecule has 194 valence electrons. The lowest BCUT2D eigenvalue weighted by Crippen LogP contribution is -2.31. The number of H-pyrrole nitrogens is 1. The summed E-state index contributed by atoms with van der Waals surface area (Å²) in [7, 11) is 0. The molecule has 0 spiro atoms. The maximum atomic E-state index is 15.3. The highest BCUT2D eigenvalue weighted by Gasteiger charge is 2.31. The van der Waals surface area contributed by atoms with Gasteiger partial charge in [-0.25, -0.2) is 9.18 Å². The first-order valence-electron chi connectivity index (χ1n) is 11.6. The minimum atomic E-state index is -4.58. The molecule has 0 fully saturated rings. The number of benzene rings is 3. The third-order valence-electron chi connectivity index (χ3n) is 6.26. The van der Waals surface area contributed by atoms with Gasteiger partial charge in [-0.3, -0.25) is 14.9 Å². The number of nitrogens with zero attached hydrogens (tertiary/aromatic N) is 3. The minimum absolute atomic E-state index is 0.0279. The molecule has 0 radical (unpaired) electrons. The second-order valence-electron chi connectivity index (χ2n) is 8.49. The van der Waals surface area contributed by atoms with Gasteiger partial charge in [0.1, 0.15) is 5.52 Å². The number of anilines is 3. The van der Waals surface area contributed by atoms with Gasteiger partial charge in [0, 0.05) is 12.1 Å². The molecular formula is C26H26F4N6O. The molecule has 0 saturated carbocycles. The number of hydrogen-bond donors (Lipinski definition) is 3.